The van der Waals surface area contributed by atoms with Crippen molar-refractivity contribution in [2.45, 2.75) is 33.1 Å². The second-order valence-electron chi connectivity index (χ2n) is 5.58. The predicted molar refractivity (Wildman–Crippen MR) is 80.6 cm³/mol. The van der Waals surface area contributed by atoms with Gasteiger partial charge in [-0.1, -0.05) is 23.8 Å². The number of hydrogen-bond acceptors (Lipinski definition) is 3. The molecule has 2 aromatic rings. The summed E-state index contributed by atoms with van der Waals surface area (Å²) in [6.45, 7) is 5.70. The summed E-state index contributed by atoms with van der Waals surface area (Å²) in [5, 5.41) is 2.71. The molecule has 1 aliphatic heterocycles. The number of carbonyl (C=O) groups excluding carboxylic acids is 1. The van der Waals surface area contributed by atoms with E-state index in [0.29, 0.717) is 17.2 Å². The summed E-state index contributed by atoms with van der Waals surface area (Å²) in [6.07, 6.45) is 0.269. The maximum absolute atomic E-state index is 12.3. The monoisotopic (exact) mass is 283 g/mol. The van der Waals surface area contributed by atoms with Crippen LogP contribution in [0.1, 0.15) is 40.4 Å². The number of benzene rings is 1. The predicted octanol–water partition coefficient (Wildman–Crippen LogP) is 2.17. The molecule has 2 N–H and O–H groups in total. The van der Waals surface area contributed by atoms with Crippen LogP contribution in [0.15, 0.2) is 23.0 Å². The average molecular weight is 283 g/mol. The number of H-pyrrole nitrogens is 1. The number of hydrogen-bond donors (Lipinski definition) is 2. The highest BCUT2D eigenvalue weighted by molar-refractivity contribution is 5.94. The summed E-state index contributed by atoms with van der Waals surface area (Å²) in [4.78, 5) is 31.3. The smallest absolute Gasteiger partial charge is 0.256 e. The molecule has 21 heavy (non-hydrogen) atoms. The van der Waals surface area contributed by atoms with Crippen molar-refractivity contribution in [1.29, 1.82) is 0 Å². The van der Waals surface area contributed by atoms with E-state index < -0.39 is 0 Å². The van der Waals surface area contributed by atoms with E-state index in [1.807, 2.05) is 32.0 Å². The van der Waals surface area contributed by atoms with Gasteiger partial charge in [0.15, 0.2) is 0 Å². The molecule has 0 fully saturated rings. The third kappa shape index (κ3) is 2.35. The number of amides is 1. The van der Waals surface area contributed by atoms with Crippen LogP contribution in [0.2, 0.25) is 0 Å². The van der Waals surface area contributed by atoms with E-state index in [4.69, 9.17) is 0 Å². The summed E-state index contributed by atoms with van der Waals surface area (Å²) >= 11 is 0. The SMILES string of the molecule is Cc1ccc(C)c([C@@H]2CC(=O)Nc3nc(C)[nH]c(=O)c32)c1. The van der Waals surface area contributed by atoms with Gasteiger partial charge in [-0.2, -0.15) is 0 Å². The van der Waals surface area contributed by atoms with Gasteiger partial charge in [-0.15, -0.1) is 0 Å². The zero-order valence-electron chi connectivity index (χ0n) is 12.3. The molecule has 0 spiro atoms. The van der Waals surface area contributed by atoms with Gasteiger partial charge in [0.2, 0.25) is 5.91 Å². The van der Waals surface area contributed by atoms with E-state index in [9.17, 15) is 9.59 Å². The van der Waals surface area contributed by atoms with Crippen molar-refractivity contribution in [3.63, 3.8) is 0 Å². The molecule has 1 aromatic heterocycles. The molecule has 0 bridgehead atoms. The molecule has 0 saturated heterocycles. The Bertz CT molecular complexity index is 793. The molecule has 1 atom stereocenters. The Morgan fingerprint density at radius 1 is 1.19 bits per heavy atom. The fraction of sp³-hybridized carbons (Fsp3) is 0.312. The highest BCUT2D eigenvalue weighted by Crippen LogP contribution is 2.35. The van der Waals surface area contributed by atoms with Crippen LogP contribution in [0.3, 0.4) is 0 Å². The fourth-order valence-corrected chi connectivity index (χ4v) is 2.88. The molecule has 108 valence electrons. The van der Waals surface area contributed by atoms with Crippen LogP contribution in [0.4, 0.5) is 5.82 Å². The van der Waals surface area contributed by atoms with Gasteiger partial charge in [0.05, 0.1) is 5.56 Å². The lowest BCUT2D eigenvalue weighted by Crippen LogP contribution is -2.31. The number of nitrogens with zero attached hydrogens (tertiary/aromatic N) is 1. The van der Waals surface area contributed by atoms with Crippen LogP contribution in [-0.2, 0) is 4.79 Å². The van der Waals surface area contributed by atoms with Crippen molar-refractivity contribution in [1.82, 2.24) is 9.97 Å². The second-order valence-corrected chi connectivity index (χ2v) is 5.58. The maximum Gasteiger partial charge on any atom is 0.256 e. The zero-order chi connectivity index (χ0) is 15.1. The van der Waals surface area contributed by atoms with Crippen molar-refractivity contribution < 1.29 is 4.79 Å². The first-order chi connectivity index (χ1) is 9.95. The Balaban J connectivity index is 2.24. The van der Waals surface area contributed by atoms with Gasteiger partial charge >= 0.3 is 0 Å². The molecule has 1 aromatic carbocycles. The van der Waals surface area contributed by atoms with Gasteiger partial charge in [0, 0.05) is 12.3 Å². The number of anilines is 1. The van der Waals surface area contributed by atoms with Gasteiger partial charge in [0.1, 0.15) is 11.6 Å². The molecule has 1 aliphatic rings. The minimum Gasteiger partial charge on any atom is -0.310 e. The molecule has 3 rings (SSSR count). The van der Waals surface area contributed by atoms with Gasteiger partial charge in [-0.3, -0.25) is 9.59 Å². The molecule has 5 nitrogen and oxygen atoms in total. The molecular formula is C16H17N3O2. The van der Waals surface area contributed by atoms with E-state index in [2.05, 4.69) is 15.3 Å². The van der Waals surface area contributed by atoms with Crippen molar-refractivity contribution in [2.24, 2.45) is 0 Å². The van der Waals surface area contributed by atoms with Crippen molar-refractivity contribution in [2.75, 3.05) is 5.32 Å². The highest BCUT2D eigenvalue weighted by Gasteiger charge is 2.31. The van der Waals surface area contributed by atoms with Crippen LogP contribution >= 0.6 is 0 Å². The van der Waals surface area contributed by atoms with Crippen molar-refractivity contribution in [3.05, 3.63) is 56.6 Å². The Kier molecular flexibility index (Phi) is 3.12. The first-order valence-electron chi connectivity index (χ1n) is 6.93. The molecule has 0 aliphatic carbocycles. The Labute approximate surface area is 122 Å². The van der Waals surface area contributed by atoms with E-state index in [1.165, 1.54) is 0 Å². The Hall–Kier alpha value is -2.43. The number of rotatable bonds is 1. The van der Waals surface area contributed by atoms with Crippen LogP contribution in [0, 0.1) is 20.8 Å². The lowest BCUT2D eigenvalue weighted by Gasteiger charge is -2.25. The molecular weight excluding hydrogens is 266 g/mol. The summed E-state index contributed by atoms with van der Waals surface area (Å²) in [7, 11) is 0. The highest BCUT2D eigenvalue weighted by atomic mass is 16.2. The van der Waals surface area contributed by atoms with Gasteiger partial charge in [-0.25, -0.2) is 4.98 Å². The number of aromatic nitrogens is 2. The quantitative estimate of drug-likeness (QED) is 0.842. The minimum absolute atomic E-state index is 0.106. The summed E-state index contributed by atoms with van der Waals surface area (Å²) in [6, 6.07) is 6.09. The van der Waals surface area contributed by atoms with Crippen molar-refractivity contribution >= 4 is 11.7 Å². The number of aryl methyl sites for hydroxylation is 3. The molecule has 0 saturated carbocycles. The van der Waals surface area contributed by atoms with Gasteiger partial charge in [-0.05, 0) is 31.9 Å². The van der Waals surface area contributed by atoms with Crippen LogP contribution in [0.5, 0.6) is 0 Å². The topological polar surface area (TPSA) is 74.8 Å². The normalized spacial score (nSPS) is 17.3. The zero-order valence-corrected chi connectivity index (χ0v) is 12.3. The molecule has 0 unspecified atom stereocenters. The second kappa shape index (κ2) is 4.84. The molecule has 1 amide bonds. The van der Waals surface area contributed by atoms with E-state index in [-0.39, 0.29) is 23.8 Å². The largest absolute Gasteiger partial charge is 0.310 e. The summed E-state index contributed by atoms with van der Waals surface area (Å²) in [5.41, 5.74) is 3.57. The summed E-state index contributed by atoms with van der Waals surface area (Å²) in [5.74, 6) is 0.537. The first kappa shape index (κ1) is 13.5. The standard InChI is InChI=1S/C16H17N3O2/c1-8-4-5-9(2)11(6-8)12-7-13(20)19-15-14(12)16(21)18-10(3)17-15/h4-6,12H,7H2,1-3H3,(H2,17,18,19,20,21)/t12-/m0/s1. The lowest BCUT2D eigenvalue weighted by atomic mass is 9.84. The third-order valence-electron chi connectivity index (χ3n) is 3.88. The molecule has 5 heteroatoms. The number of nitrogens with one attached hydrogen (secondary N) is 2. The van der Waals surface area contributed by atoms with Crippen LogP contribution < -0.4 is 10.9 Å². The fourth-order valence-electron chi connectivity index (χ4n) is 2.88. The number of carbonyl (C=O) groups is 1. The third-order valence-corrected chi connectivity index (χ3v) is 3.88. The van der Waals surface area contributed by atoms with Gasteiger partial charge in [0.25, 0.3) is 5.56 Å². The van der Waals surface area contributed by atoms with Gasteiger partial charge < -0.3 is 10.3 Å². The van der Waals surface area contributed by atoms with E-state index in [1.54, 1.807) is 6.92 Å². The minimum atomic E-state index is -0.245. The van der Waals surface area contributed by atoms with Crippen LogP contribution in [0.25, 0.3) is 0 Å². The van der Waals surface area contributed by atoms with Crippen molar-refractivity contribution in [3.8, 4) is 0 Å². The number of aromatic amines is 1. The lowest BCUT2D eigenvalue weighted by molar-refractivity contribution is -0.116. The molecule has 2 heterocycles. The maximum atomic E-state index is 12.3. The van der Waals surface area contributed by atoms with E-state index in [0.717, 1.165) is 16.7 Å². The van der Waals surface area contributed by atoms with Crippen LogP contribution in [-0.4, -0.2) is 15.9 Å². The molecule has 0 radical (unpaired) electrons. The summed E-state index contributed by atoms with van der Waals surface area (Å²) < 4.78 is 0. The average Bonchev–Trinajstić information content (AvgIpc) is 2.39. The Morgan fingerprint density at radius 2 is 1.95 bits per heavy atom. The first-order valence-corrected chi connectivity index (χ1v) is 6.93. The van der Waals surface area contributed by atoms with E-state index >= 15 is 0 Å². The number of fused-ring (bicyclic) bond motifs is 1. The Morgan fingerprint density at radius 3 is 2.71 bits per heavy atom.